The molecule has 2 aromatic heterocycles. The first kappa shape index (κ1) is 21.7. The minimum Gasteiger partial charge on any atom is -0.491 e. The SMILES string of the molecule is CCn1c(SCC(=O)Nc2nnc(-c3ccc(OCCOC)cc3)s2)nnc1C1CC1. The number of rotatable bonds is 11. The van der Waals surface area contributed by atoms with Gasteiger partial charge in [-0.15, -0.1) is 20.4 Å². The average molecular weight is 461 g/mol. The minimum atomic E-state index is -0.145. The highest BCUT2D eigenvalue weighted by molar-refractivity contribution is 7.99. The zero-order valence-electron chi connectivity index (χ0n) is 17.4. The zero-order valence-corrected chi connectivity index (χ0v) is 19.0. The van der Waals surface area contributed by atoms with E-state index in [4.69, 9.17) is 9.47 Å². The number of hydrogen-bond donors (Lipinski definition) is 1. The van der Waals surface area contributed by atoms with Gasteiger partial charge in [-0.3, -0.25) is 10.1 Å². The number of nitrogens with zero attached hydrogens (tertiary/aromatic N) is 5. The fraction of sp³-hybridized carbons (Fsp3) is 0.450. The molecule has 0 aliphatic heterocycles. The van der Waals surface area contributed by atoms with Crippen LogP contribution >= 0.6 is 23.1 Å². The number of ether oxygens (including phenoxy) is 2. The predicted molar refractivity (Wildman–Crippen MR) is 120 cm³/mol. The van der Waals surface area contributed by atoms with E-state index in [1.165, 1.54) is 35.9 Å². The lowest BCUT2D eigenvalue weighted by Gasteiger charge is -2.06. The minimum absolute atomic E-state index is 0.145. The highest BCUT2D eigenvalue weighted by Gasteiger charge is 2.30. The van der Waals surface area contributed by atoms with Crippen molar-refractivity contribution in [3.63, 3.8) is 0 Å². The van der Waals surface area contributed by atoms with Gasteiger partial charge in [-0.1, -0.05) is 23.1 Å². The van der Waals surface area contributed by atoms with Crippen LogP contribution in [0.15, 0.2) is 29.4 Å². The standard InChI is InChI=1S/C20H24N6O3S2/c1-3-26-17(13-4-5-13)22-25-20(26)30-12-16(27)21-19-24-23-18(31-19)14-6-8-15(9-7-14)29-11-10-28-2/h6-9,13H,3-5,10-12H2,1-2H3,(H,21,24,27). The van der Waals surface area contributed by atoms with Gasteiger partial charge in [-0.2, -0.15) is 0 Å². The molecule has 0 saturated heterocycles. The van der Waals surface area contributed by atoms with E-state index in [-0.39, 0.29) is 11.7 Å². The van der Waals surface area contributed by atoms with Crippen LogP contribution in [0.3, 0.4) is 0 Å². The summed E-state index contributed by atoms with van der Waals surface area (Å²) in [6.07, 6.45) is 2.35. The van der Waals surface area contributed by atoms with Crippen LogP contribution in [0, 0.1) is 0 Å². The Balaban J connectivity index is 1.30. The van der Waals surface area contributed by atoms with Crippen molar-refractivity contribution in [3.8, 4) is 16.3 Å². The second-order valence-corrected chi connectivity index (χ2v) is 8.89. The van der Waals surface area contributed by atoms with Crippen LogP contribution in [0.25, 0.3) is 10.6 Å². The molecule has 9 nitrogen and oxygen atoms in total. The van der Waals surface area contributed by atoms with Gasteiger partial charge in [0.15, 0.2) is 5.16 Å². The fourth-order valence-corrected chi connectivity index (χ4v) is 4.53. The van der Waals surface area contributed by atoms with Gasteiger partial charge in [-0.05, 0) is 44.0 Å². The van der Waals surface area contributed by atoms with E-state index in [9.17, 15) is 4.79 Å². The van der Waals surface area contributed by atoms with Crippen LogP contribution in [0.5, 0.6) is 5.75 Å². The summed E-state index contributed by atoms with van der Waals surface area (Å²) >= 11 is 2.72. The molecule has 4 rings (SSSR count). The second kappa shape index (κ2) is 10.2. The third-order valence-corrected chi connectivity index (χ3v) is 6.52. The Bertz CT molecular complexity index is 1020. The molecule has 1 aliphatic carbocycles. The molecule has 0 unspecified atom stereocenters. The largest absolute Gasteiger partial charge is 0.491 e. The van der Waals surface area contributed by atoms with E-state index in [0.29, 0.717) is 24.3 Å². The van der Waals surface area contributed by atoms with Crippen LogP contribution in [0.4, 0.5) is 5.13 Å². The number of carbonyl (C=O) groups is 1. The topological polar surface area (TPSA) is 104 Å². The van der Waals surface area contributed by atoms with Gasteiger partial charge in [0.05, 0.1) is 12.4 Å². The molecular weight excluding hydrogens is 436 g/mol. The maximum Gasteiger partial charge on any atom is 0.236 e. The maximum absolute atomic E-state index is 12.4. The van der Waals surface area contributed by atoms with Gasteiger partial charge < -0.3 is 14.0 Å². The summed E-state index contributed by atoms with van der Waals surface area (Å²) in [6, 6.07) is 7.58. The summed E-state index contributed by atoms with van der Waals surface area (Å²) in [5.74, 6) is 2.43. The third kappa shape index (κ3) is 5.60. The quantitative estimate of drug-likeness (QED) is 0.343. The molecule has 3 aromatic rings. The maximum atomic E-state index is 12.4. The van der Waals surface area contributed by atoms with Crippen molar-refractivity contribution >= 4 is 34.1 Å². The van der Waals surface area contributed by atoms with Crippen molar-refractivity contribution < 1.29 is 14.3 Å². The molecule has 1 fully saturated rings. The van der Waals surface area contributed by atoms with Gasteiger partial charge in [0.1, 0.15) is 23.2 Å². The van der Waals surface area contributed by atoms with Crippen LogP contribution < -0.4 is 10.1 Å². The monoisotopic (exact) mass is 460 g/mol. The first-order chi connectivity index (χ1) is 15.2. The Morgan fingerprint density at radius 3 is 2.71 bits per heavy atom. The Labute approximate surface area is 188 Å². The molecule has 0 spiro atoms. The number of thioether (sulfide) groups is 1. The number of aromatic nitrogens is 5. The van der Waals surface area contributed by atoms with Crippen molar-refractivity contribution in [2.45, 2.75) is 37.4 Å². The summed E-state index contributed by atoms with van der Waals surface area (Å²) in [5, 5.41) is 21.6. The van der Waals surface area contributed by atoms with E-state index >= 15 is 0 Å². The zero-order chi connectivity index (χ0) is 21.6. The number of amides is 1. The molecule has 1 aromatic carbocycles. The number of nitrogens with one attached hydrogen (secondary N) is 1. The molecule has 0 radical (unpaired) electrons. The molecule has 0 bridgehead atoms. The van der Waals surface area contributed by atoms with Gasteiger partial charge in [0, 0.05) is 25.1 Å². The summed E-state index contributed by atoms with van der Waals surface area (Å²) in [6.45, 7) is 3.91. The smallest absolute Gasteiger partial charge is 0.236 e. The number of anilines is 1. The summed E-state index contributed by atoms with van der Waals surface area (Å²) in [7, 11) is 1.64. The van der Waals surface area contributed by atoms with Crippen LogP contribution in [-0.2, 0) is 16.1 Å². The molecule has 11 heteroatoms. The Morgan fingerprint density at radius 2 is 2.00 bits per heavy atom. The summed E-state index contributed by atoms with van der Waals surface area (Å²) < 4.78 is 12.6. The van der Waals surface area contributed by atoms with Crippen LogP contribution in [0.2, 0.25) is 0 Å². The highest BCUT2D eigenvalue weighted by atomic mass is 32.2. The molecule has 164 valence electrons. The predicted octanol–water partition coefficient (Wildman–Crippen LogP) is 3.45. The van der Waals surface area contributed by atoms with Crippen molar-refractivity contribution in [2.75, 3.05) is 31.4 Å². The second-order valence-electron chi connectivity index (χ2n) is 6.97. The highest BCUT2D eigenvalue weighted by Crippen LogP contribution is 2.40. The Hall–Kier alpha value is -2.50. The van der Waals surface area contributed by atoms with Crippen LogP contribution in [0.1, 0.15) is 31.5 Å². The summed E-state index contributed by atoms with van der Waals surface area (Å²) in [4.78, 5) is 12.4. The third-order valence-electron chi connectivity index (χ3n) is 4.67. The lowest BCUT2D eigenvalue weighted by Crippen LogP contribution is -2.14. The van der Waals surface area contributed by atoms with Crippen molar-refractivity contribution in [2.24, 2.45) is 0 Å². The van der Waals surface area contributed by atoms with Crippen molar-refractivity contribution in [1.29, 1.82) is 0 Å². The van der Waals surface area contributed by atoms with Gasteiger partial charge >= 0.3 is 0 Å². The Morgan fingerprint density at radius 1 is 1.19 bits per heavy atom. The fourth-order valence-electron chi connectivity index (χ4n) is 2.96. The molecular formula is C20H24N6O3S2. The van der Waals surface area contributed by atoms with E-state index < -0.39 is 0 Å². The molecule has 1 aliphatic rings. The first-order valence-electron chi connectivity index (χ1n) is 10.1. The van der Waals surface area contributed by atoms with Gasteiger partial charge in [0.25, 0.3) is 0 Å². The lowest BCUT2D eigenvalue weighted by atomic mass is 10.2. The summed E-state index contributed by atoms with van der Waals surface area (Å²) in [5.41, 5.74) is 0.912. The van der Waals surface area contributed by atoms with Gasteiger partial charge in [0.2, 0.25) is 11.0 Å². The van der Waals surface area contributed by atoms with E-state index in [1.807, 2.05) is 24.3 Å². The molecule has 0 atom stereocenters. The van der Waals surface area contributed by atoms with E-state index in [1.54, 1.807) is 7.11 Å². The molecule has 2 heterocycles. The average Bonchev–Trinajstić information content (AvgIpc) is 3.38. The molecule has 31 heavy (non-hydrogen) atoms. The van der Waals surface area contributed by atoms with E-state index in [2.05, 4.69) is 37.2 Å². The van der Waals surface area contributed by atoms with Crippen molar-refractivity contribution in [3.05, 3.63) is 30.1 Å². The molecule has 1 N–H and O–H groups in total. The first-order valence-corrected chi connectivity index (χ1v) is 11.9. The Kier molecular flexibility index (Phi) is 7.15. The number of benzene rings is 1. The molecule has 1 amide bonds. The van der Waals surface area contributed by atoms with Gasteiger partial charge in [-0.25, -0.2) is 0 Å². The van der Waals surface area contributed by atoms with Crippen LogP contribution in [-0.4, -0.2) is 56.9 Å². The number of carbonyl (C=O) groups excluding carboxylic acids is 1. The molecule has 1 saturated carbocycles. The van der Waals surface area contributed by atoms with Crippen molar-refractivity contribution in [1.82, 2.24) is 25.0 Å². The number of hydrogen-bond acceptors (Lipinski definition) is 9. The normalized spacial score (nSPS) is 13.4. The number of methoxy groups -OCH3 is 1. The van der Waals surface area contributed by atoms with E-state index in [0.717, 1.165) is 33.8 Å². The lowest BCUT2D eigenvalue weighted by molar-refractivity contribution is -0.113.